The highest BCUT2D eigenvalue weighted by atomic mass is 16.5. The van der Waals surface area contributed by atoms with Crippen molar-refractivity contribution in [2.45, 2.75) is 581 Å². The normalized spacial score (nSPS) is 11.5. The smallest absolute Gasteiger partial charge is 0.119 e. The third-order valence-electron chi connectivity index (χ3n) is 31.3. The van der Waals surface area contributed by atoms with Crippen molar-refractivity contribution in [3.8, 4) is 34.5 Å². The van der Waals surface area contributed by atoms with Crippen LogP contribution in [-0.4, -0.2) is 39.6 Å². The second-order valence-corrected chi connectivity index (χ2v) is 44.2. The lowest BCUT2D eigenvalue weighted by Crippen LogP contribution is -2.18. The standard InChI is InChI=1S/C138H222O6/c1-7-13-19-25-31-37-43-49-55-61-67-73-115-139-127-97-79-121(80-98-127)91-109-133-134(110-92-122-81-99-128(100-82-122)140-116-74-68-62-56-50-44-38-32-26-20-14-8-2)136(112-94-124-85-103-130(104-86-124)142-118-76-70-64-58-52-46-40-34-28-22-16-10-4)138(114-96-126-89-107-132(108-90-126)144-120-78-72-66-60-54-48-42-36-30-24-18-12-6)137(113-95-125-87-105-131(106-88-125)143-119-77-71-65-59-53-47-41-35-29-23-17-11-5)135(133)111-93-123-83-101-129(102-84-123)141-117-75-69-63-57-51-45-39-33-27-21-15-9-3/h79-90,97-108H,7-78,91-96,109-120H2,1-6H3. The first-order chi connectivity index (χ1) is 71.4. The average Bonchev–Trinajstić information content (AvgIpc) is 0.759. The highest BCUT2D eigenvalue weighted by molar-refractivity contribution is 5.55. The lowest BCUT2D eigenvalue weighted by molar-refractivity contribution is 0.304. The first-order valence-corrected chi connectivity index (χ1v) is 62.9. The molecule has 810 valence electrons. The van der Waals surface area contributed by atoms with Crippen molar-refractivity contribution in [3.63, 3.8) is 0 Å². The van der Waals surface area contributed by atoms with Crippen LogP contribution in [-0.2, 0) is 77.0 Å². The summed E-state index contributed by atoms with van der Waals surface area (Å²) in [5, 5.41) is 0. The molecule has 0 fully saturated rings. The number of unbranched alkanes of at least 4 members (excludes halogenated alkanes) is 66. The molecular weight excluding hydrogens is 1750 g/mol. The Labute approximate surface area is 889 Å². The van der Waals surface area contributed by atoms with Crippen molar-refractivity contribution in [1.29, 1.82) is 0 Å². The van der Waals surface area contributed by atoms with Crippen LogP contribution in [0.15, 0.2) is 146 Å². The van der Waals surface area contributed by atoms with Crippen molar-refractivity contribution in [1.82, 2.24) is 0 Å². The second-order valence-electron chi connectivity index (χ2n) is 44.2. The number of benzene rings is 7. The monoisotopic (exact) mass is 1980 g/mol. The fourth-order valence-corrected chi connectivity index (χ4v) is 21.8. The molecule has 7 aromatic rings. The molecular formula is C138H222O6. The lowest BCUT2D eigenvalue weighted by Gasteiger charge is -2.28. The van der Waals surface area contributed by atoms with Crippen LogP contribution in [0.5, 0.6) is 34.5 Å². The van der Waals surface area contributed by atoms with Crippen molar-refractivity contribution < 1.29 is 28.4 Å². The predicted molar refractivity (Wildman–Crippen MR) is 629 cm³/mol. The number of ether oxygens (including phenoxy) is 6. The van der Waals surface area contributed by atoms with Gasteiger partial charge in [-0.15, -0.1) is 0 Å². The Balaban J connectivity index is 1.24. The summed E-state index contributed by atoms with van der Waals surface area (Å²) in [5.41, 5.74) is 17.7. The van der Waals surface area contributed by atoms with Gasteiger partial charge >= 0.3 is 0 Å². The van der Waals surface area contributed by atoms with E-state index in [0.29, 0.717) is 0 Å². The number of hydrogen-bond donors (Lipinski definition) is 0. The molecule has 7 rings (SSSR count). The van der Waals surface area contributed by atoms with Gasteiger partial charge in [0.15, 0.2) is 0 Å². The van der Waals surface area contributed by atoms with Crippen LogP contribution in [0.1, 0.15) is 571 Å². The zero-order chi connectivity index (χ0) is 101. The topological polar surface area (TPSA) is 55.4 Å². The van der Waals surface area contributed by atoms with E-state index in [1.165, 1.54) is 457 Å². The van der Waals surface area contributed by atoms with Crippen molar-refractivity contribution in [2.75, 3.05) is 39.6 Å². The van der Waals surface area contributed by atoms with Gasteiger partial charge in [-0.25, -0.2) is 0 Å². The summed E-state index contributed by atoms with van der Waals surface area (Å²) >= 11 is 0. The van der Waals surface area contributed by atoms with Crippen LogP contribution in [0.3, 0.4) is 0 Å². The zero-order valence-electron chi connectivity index (χ0n) is 94.9. The highest BCUT2D eigenvalue weighted by Gasteiger charge is 2.25. The number of rotatable bonds is 102. The minimum atomic E-state index is 0.778. The van der Waals surface area contributed by atoms with Gasteiger partial charge in [0.2, 0.25) is 0 Å². The average molecular weight is 1980 g/mol. The minimum Gasteiger partial charge on any atom is -0.494 e. The third kappa shape index (κ3) is 62.7. The minimum absolute atomic E-state index is 0.778. The van der Waals surface area contributed by atoms with E-state index in [9.17, 15) is 0 Å². The van der Waals surface area contributed by atoms with Gasteiger partial charge in [0.1, 0.15) is 34.5 Å². The lowest BCUT2D eigenvalue weighted by atomic mass is 9.76. The molecule has 0 atom stereocenters. The Morgan fingerprint density at radius 2 is 0.194 bits per heavy atom. The predicted octanol–water partition coefficient (Wildman–Crippen LogP) is 42.9. The molecule has 7 aromatic carbocycles. The van der Waals surface area contributed by atoms with Crippen LogP contribution >= 0.6 is 0 Å². The Kier molecular flexibility index (Phi) is 77.0. The summed E-state index contributed by atoms with van der Waals surface area (Å²) in [6, 6.07) is 56.0. The largest absolute Gasteiger partial charge is 0.494 e. The molecule has 0 saturated carbocycles. The van der Waals surface area contributed by atoms with Gasteiger partial charge in [0.05, 0.1) is 39.6 Å². The first kappa shape index (κ1) is 124. The summed E-state index contributed by atoms with van der Waals surface area (Å²) in [6.07, 6.45) is 108. The Morgan fingerprint density at radius 3 is 0.292 bits per heavy atom. The van der Waals surface area contributed by atoms with E-state index in [2.05, 4.69) is 187 Å². The molecule has 0 saturated heterocycles. The van der Waals surface area contributed by atoms with Crippen molar-refractivity contribution in [3.05, 3.63) is 212 Å². The molecule has 144 heavy (non-hydrogen) atoms. The van der Waals surface area contributed by atoms with Gasteiger partial charge in [-0.1, -0.05) is 538 Å². The number of hydrogen-bond acceptors (Lipinski definition) is 6. The summed E-state index contributed by atoms with van der Waals surface area (Å²) in [5.74, 6) is 5.97. The molecule has 6 heteroatoms. The third-order valence-corrected chi connectivity index (χ3v) is 31.3. The maximum absolute atomic E-state index is 6.59. The van der Waals surface area contributed by atoms with Crippen LogP contribution in [0.25, 0.3) is 0 Å². The van der Waals surface area contributed by atoms with Crippen LogP contribution in [0.2, 0.25) is 0 Å². The van der Waals surface area contributed by atoms with E-state index >= 15 is 0 Å². The van der Waals surface area contributed by atoms with Crippen LogP contribution in [0, 0.1) is 0 Å². The molecule has 0 aliphatic carbocycles. The second kappa shape index (κ2) is 89.2. The van der Waals surface area contributed by atoms with Gasteiger partial charge in [-0.05, 0) is 255 Å². The van der Waals surface area contributed by atoms with Gasteiger partial charge < -0.3 is 28.4 Å². The molecule has 0 aromatic heterocycles. The van der Waals surface area contributed by atoms with E-state index in [-0.39, 0.29) is 0 Å². The quantitative estimate of drug-likeness (QED) is 0.0354. The van der Waals surface area contributed by atoms with Crippen LogP contribution < -0.4 is 28.4 Å². The molecule has 0 unspecified atom stereocenters. The molecule has 0 aliphatic heterocycles. The molecule has 0 radical (unpaired) electrons. The SMILES string of the molecule is CCCCCCCCCCCCCCOc1ccc(CCc2c(CCc3ccc(OCCCCCCCCCCCCCC)cc3)c(CCc3ccc(OCCCCCCCCCCCCCC)cc3)c(CCc3ccc(OCCCCCCCCCCCCCC)cc3)c(CCc3ccc(OCCCCCCCCCCCCCC)cc3)c2CCc2ccc(OCCCCCCCCCCCCCC)cc2)cc1. The molecule has 0 aliphatic rings. The Hall–Kier alpha value is -6.66. The van der Waals surface area contributed by atoms with Gasteiger partial charge in [-0.3, -0.25) is 0 Å². The van der Waals surface area contributed by atoms with Gasteiger partial charge in [0, 0.05) is 0 Å². The Bertz CT molecular complexity index is 3300. The van der Waals surface area contributed by atoms with E-state index < -0.39 is 0 Å². The maximum atomic E-state index is 6.59. The molecule has 0 spiro atoms. The van der Waals surface area contributed by atoms with Gasteiger partial charge in [-0.2, -0.15) is 0 Å². The van der Waals surface area contributed by atoms with Crippen molar-refractivity contribution >= 4 is 0 Å². The van der Waals surface area contributed by atoms with Crippen molar-refractivity contribution in [2.24, 2.45) is 0 Å². The zero-order valence-corrected chi connectivity index (χ0v) is 94.9. The van der Waals surface area contributed by atoms with E-state index in [0.717, 1.165) is 190 Å². The molecule has 0 bridgehead atoms. The number of aryl methyl sites for hydroxylation is 6. The maximum Gasteiger partial charge on any atom is 0.119 e. The first-order valence-electron chi connectivity index (χ1n) is 62.9. The summed E-state index contributed by atoms with van der Waals surface area (Å²) in [4.78, 5) is 0. The highest BCUT2D eigenvalue weighted by Crippen LogP contribution is 2.38. The van der Waals surface area contributed by atoms with E-state index in [4.69, 9.17) is 28.4 Å². The van der Waals surface area contributed by atoms with E-state index in [1.54, 1.807) is 33.4 Å². The fourth-order valence-electron chi connectivity index (χ4n) is 21.8. The fraction of sp³-hybridized carbons (Fsp3) is 0.696. The summed E-state index contributed by atoms with van der Waals surface area (Å²) < 4.78 is 39.5. The molecule has 0 amide bonds. The molecule has 0 heterocycles. The van der Waals surface area contributed by atoms with E-state index in [1.807, 2.05) is 0 Å². The summed E-state index contributed by atoms with van der Waals surface area (Å²) in [6.45, 7) is 18.6. The molecule has 0 N–H and O–H groups in total. The van der Waals surface area contributed by atoms with Crippen LogP contribution in [0.4, 0.5) is 0 Å². The van der Waals surface area contributed by atoms with Gasteiger partial charge in [0.25, 0.3) is 0 Å². The summed E-state index contributed by atoms with van der Waals surface area (Å²) in [7, 11) is 0. The Morgan fingerprint density at radius 1 is 0.104 bits per heavy atom. The molecule has 6 nitrogen and oxygen atoms in total.